The summed E-state index contributed by atoms with van der Waals surface area (Å²) in [7, 11) is 0. The lowest BCUT2D eigenvalue weighted by atomic mass is 10.1. The fourth-order valence-electron chi connectivity index (χ4n) is 4.40. The van der Waals surface area contributed by atoms with Crippen LogP contribution in [0.25, 0.3) is 21.8 Å². The summed E-state index contributed by atoms with van der Waals surface area (Å²) in [6.07, 6.45) is 0.979. The van der Waals surface area contributed by atoms with Gasteiger partial charge in [0.25, 0.3) is 5.56 Å². The molecular weight excluding hydrogens is 511 g/mol. The Morgan fingerprint density at radius 2 is 2.08 bits per heavy atom. The van der Waals surface area contributed by atoms with Crippen molar-refractivity contribution in [2.45, 2.75) is 18.9 Å². The Morgan fingerprint density at radius 1 is 1.22 bits per heavy atom. The molecule has 0 bridgehead atoms. The van der Waals surface area contributed by atoms with Crippen molar-refractivity contribution in [3.63, 3.8) is 0 Å². The number of hydrogen-bond acceptors (Lipinski definition) is 9. The maximum Gasteiger partial charge on any atom is 0.345 e. The van der Waals surface area contributed by atoms with Crippen molar-refractivity contribution in [3.05, 3.63) is 74.2 Å². The van der Waals surface area contributed by atoms with E-state index in [0.717, 1.165) is 11.3 Å². The summed E-state index contributed by atoms with van der Waals surface area (Å²) in [5.74, 6) is -0.962. The molecule has 3 aromatic heterocycles. The van der Waals surface area contributed by atoms with Gasteiger partial charge in [0, 0.05) is 23.1 Å². The molecule has 2 aliphatic heterocycles. The smallest absolute Gasteiger partial charge is 0.345 e. The van der Waals surface area contributed by atoms with Gasteiger partial charge in [0.05, 0.1) is 22.3 Å². The second-order valence-electron chi connectivity index (χ2n) is 8.15. The number of aromatic nitrogens is 4. The fourth-order valence-corrected chi connectivity index (χ4v) is 5.40. The van der Waals surface area contributed by atoms with E-state index in [1.165, 1.54) is 22.8 Å². The summed E-state index contributed by atoms with van der Waals surface area (Å²) < 4.78 is 16.3. The number of anilines is 1. The number of hydrazine groups is 1. The number of benzene rings is 1. The van der Waals surface area contributed by atoms with Crippen molar-refractivity contribution >= 4 is 34.6 Å². The number of nitrogens with zero attached hydrogens (tertiary/aromatic N) is 6. The highest BCUT2D eigenvalue weighted by Crippen LogP contribution is 2.36. The second kappa shape index (κ2) is 8.53. The number of carboxylic acids is 1. The van der Waals surface area contributed by atoms with E-state index in [9.17, 15) is 14.0 Å². The van der Waals surface area contributed by atoms with E-state index < -0.39 is 18.0 Å². The van der Waals surface area contributed by atoms with E-state index in [0.29, 0.717) is 52.2 Å². The quantitative estimate of drug-likeness (QED) is 0.356. The van der Waals surface area contributed by atoms with Crippen molar-refractivity contribution in [1.29, 1.82) is 0 Å². The molecule has 0 saturated heterocycles. The van der Waals surface area contributed by atoms with Crippen LogP contribution in [0.5, 0.6) is 0 Å². The number of fused-ring (bicyclic) bond motifs is 1. The third-order valence-corrected chi connectivity index (χ3v) is 7.30. The fraction of sp³-hybridized carbons (Fsp3) is 0.182. The first-order chi connectivity index (χ1) is 17.4. The van der Waals surface area contributed by atoms with E-state index in [1.807, 2.05) is 0 Å². The standard InChI is InChI=1S/C22H16ClFN8O3S/c23-10-1-2-13(31-9-25-29-30-31)11(7-10)12-8-18(33)32-14(3-6-17(32)26-12)21-27-19(20(24)28-21)15-4-5-16(36-15)22(34)35/h1-2,4-5,7-8,14H,3,6,9H2,(H,25,30)(H,27,28)(H,34,35)/t14-/m0/s1. The molecule has 0 spiro atoms. The van der Waals surface area contributed by atoms with Gasteiger partial charge in [0.15, 0.2) is 6.67 Å². The molecule has 4 aromatic rings. The van der Waals surface area contributed by atoms with E-state index in [2.05, 4.69) is 25.8 Å². The van der Waals surface area contributed by atoms with Gasteiger partial charge < -0.3 is 10.1 Å². The monoisotopic (exact) mass is 526 g/mol. The first-order valence-electron chi connectivity index (χ1n) is 10.8. The summed E-state index contributed by atoms with van der Waals surface area (Å²) in [5.41, 5.74) is 4.30. The topological polar surface area (TPSA) is 141 Å². The van der Waals surface area contributed by atoms with Crippen LogP contribution in [0.15, 0.2) is 51.5 Å². The third kappa shape index (κ3) is 3.72. The average Bonchev–Trinajstić information content (AvgIpc) is 3.64. The zero-order valence-corrected chi connectivity index (χ0v) is 19.8. The number of carboxylic acid groups (broad SMARTS) is 1. The molecule has 6 rings (SSSR count). The second-order valence-corrected chi connectivity index (χ2v) is 9.67. The molecule has 3 N–H and O–H groups in total. The summed E-state index contributed by atoms with van der Waals surface area (Å²) in [5, 5.41) is 19.0. The van der Waals surface area contributed by atoms with E-state index >= 15 is 0 Å². The van der Waals surface area contributed by atoms with Crippen LogP contribution in [0.4, 0.5) is 10.1 Å². The van der Waals surface area contributed by atoms with Gasteiger partial charge in [-0.05, 0) is 36.8 Å². The Morgan fingerprint density at radius 3 is 2.83 bits per heavy atom. The Kier molecular flexibility index (Phi) is 5.30. The number of aromatic amines is 1. The van der Waals surface area contributed by atoms with Crippen LogP contribution in [0.2, 0.25) is 5.02 Å². The van der Waals surface area contributed by atoms with Gasteiger partial charge in [-0.25, -0.2) is 19.8 Å². The van der Waals surface area contributed by atoms with Crippen molar-refractivity contribution in [3.8, 4) is 21.8 Å². The molecule has 5 heterocycles. The Balaban J connectivity index is 1.37. The number of halogens is 2. The van der Waals surface area contributed by atoms with E-state index in [-0.39, 0.29) is 22.0 Å². The molecule has 1 aromatic carbocycles. The number of hydrogen-bond donors (Lipinski definition) is 3. The van der Waals surface area contributed by atoms with Crippen molar-refractivity contribution in [2.24, 2.45) is 10.3 Å². The SMILES string of the molecule is O=C(O)c1ccc(-c2nc([C@@H]3CCc4nc(-c5cc(Cl)ccc5N5CN=NN5)cc(=O)n43)[nH]c2F)s1. The van der Waals surface area contributed by atoms with Gasteiger partial charge in [-0.15, -0.1) is 16.5 Å². The number of H-pyrrole nitrogens is 1. The Labute approximate surface area is 210 Å². The molecule has 1 atom stereocenters. The van der Waals surface area contributed by atoms with Gasteiger partial charge in [-0.2, -0.15) is 9.93 Å². The van der Waals surface area contributed by atoms with E-state index in [4.69, 9.17) is 21.7 Å². The van der Waals surface area contributed by atoms with Crippen molar-refractivity contribution in [1.82, 2.24) is 25.1 Å². The molecule has 182 valence electrons. The van der Waals surface area contributed by atoms with Crippen LogP contribution in [-0.2, 0) is 6.42 Å². The summed E-state index contributed by atoms with van der Waals surface area (Å²) in [6, 6.07) is 9.05. The number of aryl methyl sites for hydroxylation is 1. The summed E-state index contributed by atoms with van der Waals surface area (Å²) in [4.78, 5) is 36.7. The van der Waals surface area contributed by atoms with E-state index in [1.54, 1.807) is 23.2 Å². The predicted molar refractivity (Wildman–Crippen MR) is 130 cm³/mol. The van der Waals surface area contributed by atoms with Gasteiger partial charge in [-0.3, -0.25) is 9.36 Å². The number of carbonyl (C=O) groups is 1. The minimum absolute atomic E-state index is 0.0195. The minimum atomic E-state index is -1.09. The zero-order valence-electron chi connectivity index (χ0n) is 18.3. The summed E-state index contributed by atoms with van der Waals surface area (Å²) >= 11 is 7.17. The molecule has 14 heteroatoms. The lowest BCUT2D eigenvalue weighted by Crippen LogP contribution is -2.30. The molecule has 0 unspecified atom stereocenters. The van der Waals surface area contributed by atoms with Gasteiger partial charge in [-0.1, -0.05) is 16.8 Å². The van der Waals surface area contributed by atoms with Crippen molar-refractivity contribution in [2.75, 3.05) is 11.7 Å². The highest BCUT2D eigenvalue weighted by atomic mass is 35.5. The largest absolute Gasteiger partial charge is 0.477 e. The maximum atomic E-state index is 14.8. The maximum absolute atomic E-state index is 14.8. The lowest BCUT2D eigenvalue weighted by molar-refractivity contribution is 0.0702. The number of nitrogens with one attached hydrogen (secondary N) is 2. The molecule has 36 heavy (non-hydrogen) atoms. The lowest BCUT2D eigenvalue weighted by Gasteiger charge is -2.19. The first kappa shape index (κ1) is 22.4. The van der Waals surface area contributed by atoms with Crippen LogP contribution < -0.4 is 16.1 Å². The molecule has 0 amide bonds. The highest BCUT2D eigenvalue weighted by Gasteiger charge is 2.31. The van der Waals surface area contributed by atoms with Crippen LogP contribution >= 0.6 is 22.9 Å². The first-order valence-corrected chi connectivity index (χ1v) is 12.0. The minimum Gasteiger partial charge on any atom is -0.477 e. The van der Waals surface area contributed by atoms with Crippen LogP contribution in [0.1, 0.15) is 33.8 Å². The van der Waals surface area contributed by atoms with Gasteiger partial charge in [0.1, 0.15) is 22.2 Å². The normalized spacial score (nSPS) is 16.4. The highest BCUT2D eigenvalue weighted by molar-refractivity contribution is 7.17. The number of rotatable bonds is 5. The molecule has 11 nitrogen and oxygen atoms in total. The van der Waals surface area contributed by atoms with Crippen LogP contribution in [-0.4, -0.2) is 37.3 Å². The van der Waals surface area contributed by atoms with Crippen LogP contribution in [0.3, 0.4) is 0 Å². The van der Waals surface area contributed by atoms with Gasteiger partial charge in [0.2, 0.25) is 5.95 Å². The molecule has 0 radical (unpaired) electrons. The molecule has 2 aliphatic rings. The van der Waals surface area contributed by atoms with Gasteiger partial charge >= 0.3 is 5.97 Å². The molecule has 0 saturated carbocycles. The summed E-state index contributed by atoms with van der Waals surface area (Å²) in [6.45, 7) is 0.297. The Hall–Kier alpha value is -4.10. The number of thiophene rings is 1. The third-order valence-electron chi connectivity index (χ3n) is 5.99. The zero-order chi connectivity index (χ0) is 25.0. The Bertz CT molecular complexity index is 1610. The number of aromatic carboxylic acids is 1. The molecule has 0 aliphatic carbocycles. The van der Waals surface area contributed by atoms with Crippen LogP contribution in [0, 0.1) is 5.95 Å². The van der Waals surface area contributed by atoms with Crippen molar-refractivity contribution < 1.29 is 14.3 Å². The predicted octanol–water partition coefficient (Wildman–Crippen LogP) is 4.04. The molecule has 0 fully saturated rings. The molecular formula is C22H16ClFN8O3S. The average molecular weight is 527 g/mol. The number of imidazole rings is 1.